The van der Waals surface area contributed by atoms with Gasteiger partial charge in [0.05, 0.1) is 12.7 Å². The van der Waals surface area contributed by atoms with Crippen molar-refractivity contribution in [1.82, 2.24) is 24.4 Å². The lowest BCUT2D eigenvalue weighted by atomic mass is 10.1. The van der Waals surface area contributed by atoms with Gasteiger partial charge in [0.25, 0.3) is 0 Å². The summed E-state index contributed by atoms with van der Waals surface area (Å²) in [4.78, 5) is 2.36. The summed E-state index contributed by atoms with van der Waals surface area (Å²) in [5.74, 6) is 1.62. The van der Waals surface area contributed by atoms with E-state index in [4.69, 9.17) is 33.4 Å². The van der Waals surface area contributed by atoms with Gasteiger partial charge in [0, 0.05) is 28.9 Å². The van der Waals surface area contributed by atoms with Crippen LogP contribution in [0.25, 0.3) is 17.1 Å². The van der Waals surface area contributed by atoms with Crippen molar-refractivity contribution in [2.75, 3.05) is 6.54 Å². The van der Waals surface area contributed by atoms with E-state index in [1.165, 1.54) is 0 Å². The van der Waals surface area contributed by atoms with Gasteiger partial charge in [-0.05, 0) is 68.4 Å². The minimum absolute atomic E-state index is 0.209. The van der Waals surface area contributed by atoms with E-state index in [0.29, 0.717) is 16.5 Å². The zero-order chi connectivity index (χ0) is 21.4. The molecule has 0 spiro atoms. The van der Waals surface area contributed by atoms with Crippen molar-refractivity contribution in [1.29, 1.82) is 0 Å². The maximum atomic E-state index is 6.11. The van der Waals surface area contributed by atoms with Crippen molar-refractivity contribution in [2.45, 2.75) is 32.5 Å². The van der Waals surface area contributed by atoms with E-state index >= 15 is 0 Å². The first kappa shape index (κ1) is 20.2. The van der Waals surface area contributed by atoms with Crippen LogP contribution in [0.4, 0.5) is 0 Å². The fourth-order valence-corrected chi connectivity index (χ4v) is 4.56. The third kappa shape index (κ3) is 3.96. The van der Waals surface area contributed by atoms with Crippen molar-refractivity contribution < 1.29 is 4.52 Å². The Morgan fingerprint density at radius 1 is 1.13 bits per heavy atom. The summed E-state index contributed by atoms with van der Waals surface area (Å²) < 4.78 is 9.88. The van der Waals surface area contributed by atoms with Crippen LogP contribution < -0.4 is 0 Å². The molecule has 31 heavy (non-hydrogen) atoms. The number of nitrogens with zero attached hydrogens (tertiary/aromatic N) is 5. The molecule has 4 aromatic rings. The minimum atomic E-state index is 0.209. The normalized spacial score (nSPS) is 16.8. The smallest absolute Gasteiger partial charge is 0.204 e. The maximum Gasteiger partial charge on any atom is 0.204 e. The average Bonchev–Trinajstić information content (AvgIpc) is 3.49. The van der Waals surface area contributed by atoms with Gasteiger partial charge in [0.1, 0.15) is 11.5 Å². The highest BCUT2D eigenvalue weighted by Crippen LogP contribution is 2.32. The van der Waals surface area contributed by atoms with E-state index < -0.39 is 0 Å². The Morgan fingerprint density at radius 3 is 2.61 bits per heavy atom. The first-order chi connectivity index (χ1) is 15.1. The quantitative estimate of drug-likeness (QED) is 0.358. The molecule has 1 aliphatic rings. The molecule has 0 aliphatic carbocycles. The monoisotopic (exact) mass is 451 g/mol. The lowest BCUT2D eigenvalue weighted by Gasteiger charge is -2.22. The van der Waals surface area contributed by atoms with Crippen molar-refractivity contribution in [2.24, 2.45) is 0 Å². The van der Waals surface area contributed by atoms with Gasteiger partial charge in [-0.1, -0.05) is 35.0 Å². The summed E-state index contributed by atoms with van der Waals surface area (Å²) in [7, 11) is 0. The molecular weight excluding hydrogens is 430 g/mol. The highest BCUT2D eigenvalue weighted by Gasteiger charge is 2.29. The van der Waals surface area contributed by atoms with Gasteiger partial charge in [-0.3, -0.25) is 9.47 Å². The molecule has 2 aromatic heterocycles. The number of aryl methyl sites for hydroxylation is 1. The van der Waals surface area contributed by atoms with Crippen LogP contribution in [0, 0.1) is 11.7 Å². The minimum Gasteiger partial charge on any atom is -0.361 e. The second-order valence-electron chi connectivity index (χ2n) is 7.76. The summed E-state index contributed by atoms with van der Waals surface area (Å²) in [6.07, 6.45) is 2.15. The lowest BCUT2D eigenvalue weighted by molar-refractivity contribution is 0.183. The number of rotatable bonds is 5. The Labute approximate surface area is 190 Å². The summed E-state index contributed by atoms with van der Waals surface area (Å²) in [6, 6.07) is 20.0. The highest BCUT2D eigenvalue weighted by molar-refractivity contribution is 7.71. The largest absolute Gasteiger partial charge is 0.361 e. The Kier molecular flexibility index (Phi) is 5.48. The van der Waals surface area contributed by atoms with Crippen LogP contribution in [0.1, 0.15) is 30.3 Å². The Balaban J connectivity index is 1.55. The van der Waals surface area contributed by atoms with Gasteiger partial charge in [-0.15, -0.1) is 5.10 Å². The number of halogens is 1. The molecule has 3 heterocycles. The molecule has 0 bridgehead atoms. The van der Waals surface area contributed by atoms with Crippen LogP contribution >= 0.6 is 23.8 Å². The summed E-state index contributed by atoms with van der Waals surface area (Å²) in [5, 5.41) is 9.87. The van der Waals surface area contributed by atoms with Crippen molar-refractivity contribution in [3.8, 4) is 17.1 Å². The molecule has 0 radical (unpaired) electrons. The molecule has 1 atom stereocenters. The molecule has 1 fully saturated rings. The molecule has 6 nitrogen and oxygen atoms in total. The second-order valence-corrected chi connectivity index (χ2v) is 8.56. The predicted molar refractivity (Wildman–Crippen MR) is 123 cm³/mol. The van der Waals surface area contributed by atoms with E-state index in [1.807, 2.05) is 76.8 Å². The first-order valence-electron chi connectivity index (χ1n) is 10.3. The molecule has 2 aromatic carbocycles. The van der Waals surface area contributed by atoms with Crippen LogP contribution in [0.2, 0.25) is 5.02 Å². The number of likely N-dealkylation sites (tertiary alicyclic amines) is 1. The van der Waals surface area contributed by atoms with E-state index in [0.717, 1.165) is 47.9 Å². The second kappa shape index (κ2) is 8.42. The molecule has 0 N–H and O–H groups in total. The van der Waals surface area contributed by atoms with Crippen molar-refractivity contribution >= 4 is 23.8 Å². The van der Waals surface area contributed by atoms with Gasteiger partial charge in [-0.25, -0.2) is 4.68 Å². The zero-order valence-corrected chi connectivity index (χ0v) is 18.7. The van der Waals surface area contributed by atoms with Crippen LogP contribution in [0.15, 0.2) is 65.2 Å². The molecule has 158 valence electrons. The topological polar surface area (TPSA) is 52.0 Å². The predicted octanol–water partition coefficient (Wildman–Crippen LogP) is 5.81. The van der Waals surface area contributed by atoms with E-state index in [1.54, 1.807) is 0 Å². The van der Waals surface area contributed by atoms with Crippen LogP contribution in [0.5, 0.6) is 0 Å². The molecule has 5 rings (SSSR count). The molecule has 0 unspecified atom stereocenters. The molecular formula is C23H22ClN5OS. The van der Waals surface area contributed by atoms with Crippen molar-refractivity contribution in [3.63, 3.8) is 0 Å². The van der Waals surface area contributed by atoms with E-state index in [-0.39, 0.29) is 6.04 Å². The number of benzene rings is 2. The molecule has 0 amide bonds. The standard InChI is InChI=1S/C23H22ClN5OS/c1-16-14-20(26-30-16)21-8-5-13-27(21)15-28-23(31)29(19-6-3-2-4-7-19)22(25-28)17-9-11-18(24)12-10-17/h2-4,6-7,9-12,14,21H,5,8,13,15H2,1H3/t21-/m1/s1. The van der Waals surface area contributed by atoms with E-state index in [9.17, 15) is 0 Å². The SMILES string of the molecule is Cc1cc([C@H]2CCCN2Cn2nc(-c3ccc(Cl)cc3)n(-c3ccccc3)c2=S)no1. The van der Waals surface area contributed by atoms with Crippen LogP contribution in [0.3, 0.4) is 0 Å². The Hall–Kier alpha value is -2.74. The fraction of sp³-hybridized carbons (Fsp3) is 0.261. The number of aromatic nitrogens is 4. The van der Waals surface area contributed by atoms with Gasteiger partial charge in [0.15, 0.2) is 5.82 Å². The van der Waals surface area contributed by atoms with E-state index in [2.05, 4.69) is 10.1 Å². The third-order valence-corrected chi connectivity index (χ3v) is 6.27. The summed E-state index contributed by atoms with van der Waals surface area (Å²) >= 11 is 12.0. The van der Waals surface area contributed by atoms with Gasteiger partial charge >= 0.3 is 0 Å². The number of para-hydroxylation sites is 1. The third-order valence-electron chi connectivity index (χ3n) is 5.62. The average molecular weight is 452 g/mol. The highest BCUT2D eigenvalue weighted by atomic mass is 35.5. The van der Waals surface area contributed by atoms with Gasteiger partial charge < -0.3 is 4.52 Å². The van der Waals surface area contributed by atoms with Crippen LogP contribution in [-0.2, 0) is 6.67 Å². The molecule has 1 aliphatic heterocycles. The Morgan fingerprint density at radius 2 is 1.90 bits per heavy atom. The molecule has 0 saturated carbocycles. The lowest BCUT2D eigenvalue weighted by Crippen LogP contribution is -2.27. The maximum absolute atomic E-state index is 6.11. The number of hydrogen-bond acceptors (Lipinski definition) is 5. The van der Waals surface area contributed by atoms with Crippen LogP contribution in [-0.4, -0.2) is 30.9 Å². The fourth-order valence-electron chi connectivity index (χ4n) is 4.14. The first-order valence-corrected chi connectivity index (χ1v) is 11.1. The molecule has 8 heteroatoms. The zero-order valence-electron chi connectivity index (χ0n) is 17.1. The van der Waals surface area contributed by atoms with Crippen molar-refractivity contribution in [3.05, 3.63) is 81.9 Å². The Bertz CT molecular complexity index is 1250. The van der Waals surface area contributed by atoms with Gasteiger partial charge in [0.2, 0.25) is 4.77 Å². The summed E-state index contributed by atoms with van der Waals surface area (Å²) in [5.41, 5.74) is 2.92. The van der Waals surface area contributed by atoms with Gasteiger partial charge in [-0.2, -0.15) is 0 Å². The molecule has 1 saturated heterocycles. The summed E-state index contributed by atoms with van der Waals surface area (Å²) in [6.45, 7) is 3.48. The number of hydrogen-bond donors (Lipinski definition) is 0.